The molecule has 2 fully saturated rings. The zero-order chi connectivity index (χ0) is 17.2. The van der Waals surface area contributed by atoms with E-state index in [1.807, 2.05) is 24.3 Å². The van der Waals surface area contributed by atoms with Gasteiger partial charge in [0.2, 0.25) is 0 Å². The number of carbonyl (C=O) groups is 1. The molecule has 0 unspecified atom stereocenters. The molecule has 4 heteroatoms. The zero-order valence-electron chi connectivity index (χ0n) is 14.5. The van der Waals surface area contributed by atoms with Gasteiger partial charge in [-0.2, -0.15) is 0 Å². The molecule has 0 radical (unpaired) electrons. The van der Waals surface area contributed by atoms with Crippen molar-refractivity contribution in [3.63, 3.8) is 0 Å². The van der Waals surface area contributed by atoms with Gasteiger partial charge < -0.3 is 14.6 Å². The van der Waals surface area contributed by atoms with Gasteiger partial charge >= 0.3 is 5.97 Å². The number of hydrogen-bond donors (Lipinski definition) is 1. The number of benzene rings is 1. The van der Waals surface area contributed by atoms with Crippen LogP contribution in [0.5, 0.6) is 5.75 Å². The molecule has 1 heterocycles. The van der Waals surface area contributed by atoms with E-state index in [4.69, 9.17) is 14.6 Å². The molecule has 1 N–H and O–H groups in total. The molecule has 0 bridgehead atoms. The van der Waals surface area contributed by atoms with Crippen LogP contribution in [0.2, 0.25) is 0 Å². The maximum absolute atomic E-state index is 10.9. The summed E-state index contributed by atoms with van der Waals surface area (Å²) in [6.45, 7) is -0.316. The van der Waals surface area contributed by atoms with Crippen molar-refractivity contribution in [3.8, 4) is 5.75 Å². The molecular weight excluding hydrogens is 316 g/mol. The minimum Gasteiger partial charge on any atom is -0.482 e. The molecule has 4 rings (SSSR count). The topological polar surface area (TPSA) is 55.8 Å². The Bertz CT molecular complexity index is 666. The summed E-state index contributed by atoms with van der Waals surface area (Å²) in [5.74, 6) is 0.684. The summed E-state index contributed by atoms with van der Waals surface area (Å²) in [7, 11) is 0. The molecule has 134 valence electrons. The first-order valence-corrected chi connectivity index (χ1v) is 9.53. The van der Waals surface area contributed by atoms with Crippen LogP contribution in [-0.4, -0.2) is 23.8 Å². The highest BCUT2D eigenvalue weighted by atomic mass is 16.5. The Labute approximate surface area is 148 Å². The van der Waals surface area contributed by atoms with E-state index in [0.717, 1.165) is 18.4 Å². The monoisotopic (exact) mass is 342 g/mol. The Morgan fingerprint density at radius 2 is 1.92 bits per heavy atom. The SMILES string of the molecule is O=C(O)COc1ccccc1[C@H]1O[C@H]2CCCC[C@H]2C2=CCCC[C@@H]21. The Kier molecular flexibility index (Phi) is 4.80. The molecule has 25 heavy (non-hydrogen) atoms. The van der Waals surface area contributed by atoms with Crippen LogP contribution in [0.4, 0.5) is 0 Å². The van der Waals surface area contributed by atoms with Gasteiger partial charge in [-0.25, -0.2) is 4.79 Å². The van der Waals surface area contributed by atoms with E-state index < -0.39 is 5.97 Å². The van der Waals surface area contributed by atoms with E-state index >= 15 is 0 Å². The van der Waals surface area contributed by atoms with Gasteiger partial charge in [-0.05, 0) is 38.2 Å². The average Bonchev–Trinajstić information content (AvgIpc) is 2.66. The van der Waals surface area contributed by atoms with Crippen LogP contribution in [0, 0.1) is 11.8 Å². The van der Waals surface area contributed by atoms with Crippen molar-refractivity contribution in [1.82, 2.24) is 0 Å². The lowest BCUT2D eigenvalue weighted by Gasteiger charge is -2.47. The number of carboxylic acids is 1. The highest BCUT2D eigenvalue weighted by molar-refractivity contribution is 5.68. The molecule has 3 aliphatic rings. The number of fused-ring (bicyclic) bond motifs is 3. The van der Waals surface area contributed by atoms with Gasteiger partial charge in [0, 0.05) is 17.4 Å². The predicted molar refractivity (Wildman–Crippen MR) is 94.6 cm³/mol. The van der Waals surface area contributed by atoms with E-state index in [2.05, 4.69) is 6.08 Å². The molecule has 4 nitrogen and oxygen atoms in total. The number of aliphatic carboxylic acids is 1. The first kappa shape index (κ1) is 16.6. The van der Waals surface area contributed by atoms with Gasteiger partial charge in [0.1, 0.15) is 5.75 Å². The molecular formula is C21H26O4. The first-order chi connectivity index (χ1) is 12.2. The quantitative estimate of drug-likeness (QED) is 0.818. The predicted octanol–water partition coefficient (Wildman–Crippen LogP) is 4.51. The average molecular weight is 342 g/mol. The molecule has 1 saturated heterocycles. The third-order valence-corrected chi connectivity index (χ3v) is 5.92. The minimum atomic E-state index is -0.954. The fraction of sp³-hybridized carbons (Fsp3) is 0.571. The number of allylic oxidation sites excluding steroid dienone is 1. The number of carboxylic acid groups (broad SMARTS) is 1. The van der Waals surface area contributed by atoms with Crippen LogP contribution in [0.3, 0.4) is 0 Å². The maximum Gasteiger partial charge on any atom is 0.341 e. The number of rotatable bonds is 4. The van der Waals surface area contributed by atoms with Crippen LogP contribution in [0.15, 0.2) is 35.9 Å². The Morgan fingerprint density at radius 3 is 2.80 bits per heavy atom. The largest absolute Gasteiger partial charge is 0.482 e. The zero-order valence-corrected chi connectivity index (χ0v) is 14.5. The normalized spacial score (nSPS) is 31.4. The Morgan fingerprint density at radius 1 is 1.12 bits per heavy atom. The van der Waals surface area contributed by atoms with Crippen LogP contribution in [-0.2, 0) is 9.53 Å². The van der Waals surface area contributed by atoms with Crippen molar-refractivity contribution in [2.75, 3.05) is 6.61 Å². The Balaban J connectivity index is 1.66. The van der Waals surface area contributed by atoms with Gasteiger partial charge in [-0.1, -0.05) is 42.7 Å². The van der Waals surface area contributed by atoms with Gasteiger partial charge in [-0.15, -0.1) is 0 Å². The van der Waals surface area contributed by atoms with Crippen molar-refractivity contribution in [2.45, 2.75) is 57.2 Å². The summed E-state index contributed by atoms with van der Waals surface area (Å²) < 4.78 is 12.2. The molecule has 2 aliphatic carbocycles. The first-order valence-electron chi connectivity index (χ1n) is 9.53. The molecule has 0 spiro atoms. The van der Waals surface area contributed by atoms with E-state index in [9.17, 15) is 4.79 Å². The fourth-order valence-corrected chi connectivity index (χ4v) is 4.88. The second kappa shape index (κ2) is 7.20. The maximum atomic E-state index is 10.9. The smallest absolute Gasteiger partial charge is 0.341 e. The third kappa shape index (κ3) is 3.32. The number of para-hydroxylation sites is 1. The lowest BCUT2D eigenvalue weighted by atomic mass is 9.68. The van der Waals surface area contributed by atoms with Crippen LogP contribution in [0.25, 0.3) is 0 Å². The van der Waals surface area contributed by atoms with Gasteiger partial charge in [0.15, 0.2) is 6.61 Å². The summed E-state index contributed by atoms with van der Waals surface area (Å²) in [5, 5.41) is 8.95. The molecule has 4 atom stereocenters. The number of hydrogen-bond acceptors (Lipinski definition) is 3. The molecule has 1 aliphatic heterocycles. The summed E-state index contributed by atoms with van der Waals surface area (Å²) in [5.41, 5.74) is 2.60. The highest BCUT2D eigenvalue weighted by Crippen LogP contribution is 2.52. The highest BCUT2D eigenvalue weighted by Gasteiger charge is 2.44. The van der Waals surface area contributed by atoms with Crippen LogP contribution in [0.1, 0.15) is 56.6 Å². The lowest BCUT2D eigenvalue weighted by Crippen LogP contribution is -2.41. The summed E-state index contributed by atoms with van der Waals surface area (Å²) >= 11 is 0. The standard InChI is InChI=1S/C21H26O4/c22-20(23)13-24-18-11-5-4-10-17(18)21-16-9-2-1-7-14(16)15-8-3-6-12-19(15)25-21/h4-5,7,10-11,15-16,19,21H,1-3,6,8-9,12-13H2,(H,22,23)/t15-,16-,19-,21-/m0/s1. The summed E-state index contributed by atoms with van der Waals surface area (Å²) in [4.78, 5) is 10.9. The minimum absolute atomic E-state index is 0.0177. The van der Waals surface area contributed by atoms with E-state index in [-0.39, 0.29) is 12.7 Å². The molecule has 1 aromatic carbocycles. The molecule has 0 aromatic heterocycles. The number of ether oxygens (including phenoxy) is 2. The van der Waals surface area contributed by atoms with Crippen molar-refractivity contribution >= 4 is 5.97 Å². The van der Waals surface area contributed by atoms with E-state index in [1.54, 1.807) is 5.57 Å². The van der Waals surface area contributed by atoms with E-state index in [1.165, 1.54) is 32.1 Å². The summed E-state index contributed by atoms with van der Waals surface area (Å²) in [6.07, 6.45) is 11.2. The van der Waals surface area contributed by atoms with Gasteiger partial charge in [0.25, 0.3) is 0 Å². The summed E-state index contributed by atoms with van der Waals surface area (Å²) in [6, 6.07) is 7.79. The van der Waals surface area contributed by atoms with Crippen molar-refractivity contribution in [3.05, 3.63) is 41.5 Å². The van der Waals surface area contributed by atoms with Crippen molar-refractivity contribution < 1.29 is 19.4 Å². The van der Waals surface area contributed by atoms with Gasteiger partial charge in [0.05, 0.1) is 12.2 Å². The van der Waals surface area contributed by atoms with Crippen molar-refractivity contribution in [1.29, 1.82) is 0 Å². The van der Waals surface area contributed by atoms with Gasteiger partial charge in [-0.3, -0.25) is 0 Å². The van der Waals surface area contributed by atoms with Crippen LogP contribution < -0.4 is 4.74 Å². The van der Waals surface area contributed by atoms with Crippen molar-refractivity contribution in [2.24, 2.45) is 11.8 Å². The third-order valence-electron chi connectivity index (χ3n) is 5.92. The Hall–Kier alpha value is -1.81. The second-order valence-corrected chi connectivity index (χ2v) is 7.45. The van der Waals surface area contributed by atoms with Crippen LogP contribution >= 0.6 is 0 Å². The molecule has 1 saturated carbocycles. The second-order valence-electron chi connectivity index (χ2n) is 7.45. The lowest BCUT2D eigenvalue weighted by molar-refractivity contribution is -0.139. The molecule has 1 aromatic rings. The fourth-order valence-electron chi connectivity index (χ4n) is 4.88. The van der Waals surface area contributed by atoms with E-state index in [0.29, 0.717) is 23.7 Å². The molecule has 0 amide bonds.